The summed E-state index contributed by atoms with van der Waals surface area (Å²) in [6.07, 6.45) is 0. The van der Waals surface area contributed by atoms with Crippen molar-refractivity contribution in [2.24, 2.45) is 0 Å². The number of aliphatic hydroxyl groups excluding tert-OH is 1. The molecule has 0 unspecified atom stereocenters. The summed E-state index contributed by atoms with van der Waals surface area (Å²) in [7, 11) is 0. The van der Waals surface area contributed by atoms with Gasteiger partial charge in [0.25, 0.3) is 0 Å². The number of nitrogens with zero attached hydrogens (tertiary/aromatic N) is 2. The third-order valence-corrected chi connectivity index (χ3v) is 3.66. The Morgan fingerprint density at radius 1 is 1.30 bits per heavy atom. The molecule has 0 amide bonds. The first-order chi connectivity index (χ1) is 9.26. The normalized spacial score (nSPS) is 12.1. The van der Waals surface area contributed by atoms with Crippen LogP contribution in [0.25, 0.3) is 11.0 Å². The van der Waals surface area contributed by atoms with Crippen molar-refractivity contribution in [2.45, 2.75) is 39.7 Å². The van der Waals surface area contributed by atoms with Crippen molar-refractivity contribution in [1.82, 2.24) is 9.55 Å². The molecule has 2 rings (SSSR count). The van der Waals surface area contributed by atoms with Gasteiger partial charge < -0.3 is 14.8 Å². The van der Waals surface area contributed by atoms with Crippen LogP contribution in [0.15, 0.2) is 12.1 Å². The molecule has 0 saturated carbocycles. The SMILES string of the molecule is Cc1cc2nc(C(C)(C)CO)n(CC(=O)O)c2cc1C. The Hall–Kier alpha value is -1.88. The van der Waals surface area contributed by atoms with Crippen molar-refractivity contribution in [3.63, 3.8) is 0 Å². The molecule has 0 saturated heterocycles. The van der Waals surface area contributed by atoms with E-state index in [1.165, 1.54) is 0 Å². The highest BCUT2D eigenvalue weighted by atomic mass is 16.4. The molecule has 5 heteroatoms. The van der Waals surface area contributed by atoms with Gasteiger partial charge in [-0.05, 0) is 37.1 Å². The number of aliphatic carboxylic acids is 1. The monoisotopic (exact) mass is 276 g/mol. The summed E-state index contributed by atoms with van der Waals surface area (Å²) >= 11 is 0. The van der Waals surface area contributed by atoms with Gasteiger partial charge in [0.1, 0.15) is 12.4 Å². The Morgan fingerprint density at radius 3 is 2.45 bits per heavy atom. The molecule has 0 bridgehead atoms. The maximum absolute atomic E-state index is 11.1. The lowest BCUT2D eigenvalue weighted by Crippen LogP contribution is -2.28. The average molecular weight is 276 g/mol. The van der Waals surface area contributed by atoms with Gasteiger partial charge in [-0.2, -0.15) is 0 Å². The van der Waals surface area contributed by atoms with Crippen molar-refractivity contribution in [1.29, 1.82) is 0 Å². The molecule has 0 atom stereocenters. The number of imidazole rings is 1. The number of carboxylic acids is 1. The molecule has 0 fully saturated rings. The largest absolute Gasteiger partial charge is 0.480 e. The van der Waals surface area contributed by atoms with Crippen LogP contribution in [0.4, 0.5) is 0 Å². The van der Waals surface area contributed by atoms with E-state index in [1.807, 2.05) is 39.8 Å². The van der Waals surface area contributed by atoms with Gasteiger partial charge in [0.15, 0.2) is 0 Å². The molecule has 0 radical (unpaired) electrons. The third kappa shape index (κ3) is 2.41. The van der Waals surface area contributed by atoms with Gasteiger partial charge in [0.2, 0.25) is 0 Å². The third-order valence-electron chi connectivity index (χ3n) is 3.66. The molecule has 0 aliphatic heterocycles. The second kappa shape index (κ2) is 4.90. The summed E-state index contributed by atoms with van der Waals surface area (Å²) in [6.45, 7) is 7.45. The summed E-state index contributed by atoms with van der Waals surface area (Å²) in [5.41, 5.74) is 3.19. The van der Waals surface area contributed by atoms with Crippen LogP contribution in [0, 0.1) is 13.8 Å². The van der Waals surface area contributed by atoms with Crippen molar-refractivity contribution in [2.75, 3.05) is 6.61 Å². The minimum atomic E-state index is -0.919. The number of carboxylic acid groups (broad SMARTS) is 1. The predicted molar refractivity (Wildman–Crippen MR) is 77.0 cm³/mol. The highest BCUT2D eigenvalue weighted by molar-refractivity contribution is 5.80. The summed E-state index contributed by atoms with van der Waals surface area (Å²) in [4.78, 5) is 15.7. The molecule has 0 aliphatic carbocycles. The van der Waals surface area contributed by atoms with Crippen molar-refractivity contribution in [3.05, 3.63) is 29.1 Å². The van der Waals surface area contributed by atoms with Gasteiger partial charge in [-0.25, -0.2) is 4.98 Å². The number of fused-ring (bicyclic) bond motifs is 1. The summed E-state index contributed by atoms with van der Waals surface area (Å²) in [5, 5.41) is 18.7. The Bertz CT molecular complexity index is 671. The van der Waals surface area contributed by atoms with Gasteiger partial charge in [0, 0.05) is 5.41 Å². The van der Waals surface area contributed by atoms with Gasteiger partial charge in [-0.1, -0.05) is 13.8 Å². The van der Waals surface area contributed by atoms with Crippen LogP contribution in [-0.4, -0.2) is 32.3 Å². The molecule has 5 nitrogen and oxygen atoms in total. The molecule has 1 aromatic carbocycles. The zero-order valence-electron chi connectivity index (χ0n) is 12.3. The lowest BCUT2D eigenvalue weighted by Gasteiger charge is -2.22. The zero-order chi connectivity index (χ0) is 15.1. The molecule has 20 heavy (non-hydrogen) atoms. The minimum Gasteiger partial charge on any atom is -0.480 e. The number of hydrogen-bond acceptors (Lipinski definition) is 3. The maximum atomic E-state index is 11.1. The summed E-state index contributed by atoms with van der Waals surface area (Å²) in [6, 6.07) is 3.91. The number of aliphatic hydroxyl groups is 1. The fourth-order valence-corrected chi connectivity index (χ4v) is 2.26. The van der Waals surface area contributed by atoms with E-state index in [4.69, 9.17) is 5.11 Å². The van der Waals surface area contributed by atoms with Crippen molar-refractivity contribution >= 4 is 17.0 Å². The van der Waals surface area contributed by atoms with E-state index in [1.54, 1.807) is 4.57 Å². The van der Waals surface area contributed by atoms with E-state index in [2.05, 4.69) is 4.98 Å². The number of benzene rings is 1. The molecule has 108 valence electrons. The molecule has 2 N–H and O–H groups in total. The van der Waals surface area contributed by atoms with Gasteiger partial charge >= 0.3 is 5.97 Å². The lowest BCUT2D eigenvalue weighted by molar-refractivity contribution is -0.137. The Kier molecular flexibility index (Phi) is 3.56. The van der Waals surface area contributed by atoms with Crippen LogP contribution in [-0.2, 0) is 16.8 Å². The van der Waals surface area contributed by atoms with E-state index in [-0.39, 0.29) is 13.2 Å². The minimum absolute atomic E-state index is 0.0894. The van der Waals surface area contributed by atoms with Gasteiger partial charge in [-0.3, -0.25) is 4.79 Å². The molecular formula is C15H20N2O3. The fourth-order valence-electron chi connectivity index (χ4n) is 2.26. The van der Waals surface area contributed by atoms with Crippen LogP contribution >= 0.6 is 0 Å². The van der Waals surface area contributed by atoms with E-state index < -0.39 is 11.4 Å². The lowest BCUT2D eigenvalue weighted by atomic mass is 9.94. The number of hydrogen-bond donors (Lipinski definition) is 2. The van der Waals surface area contributed by atoms with Crippen LogP contribution in [0.2, 0.25) is 0 Å². The first kappa shape index (κ1) is 14.5. The molecule has 0 aliphatic rings. The Labute approximate surface area is 117 Å². The molecule has 1 heterocycles. The number of carbonyl (C=O) groups is 1. The highest BCUT2D eigenvalue weighted by Crippen LogP contribution is 2.28. The molecular weight excluding hydrogens is 256 g/mol. The molecule has 1 aromatic heterocycles. The van der Waals surface area contributed by atoms with Gasteiger partial charge in [0.05, 0.1) is 17.6 Å². The van der Waals surface area contributed by atoms with Crippen molar-refractivity contribution < 1.29 is 15.0 Å². The summed E-state index contributed by atoms with van der Waals surface area (Å²) < 4.78 is 1.68. The molecule has 2 aromatic rings. The van der Waals surface area contributed by atoms with Crippen molar-refractivity contribution in [3.8, 4) is 0 Å². The quantitative estimate of drug-likeness (QED) is 0.895. The topological polar surface area (TPSA) is 75.4 Å². The van der Waals surface area contributed by atoms with Crippen LogP contribution in [0.5, 0.6) is 0 Å². The van der Waals surface area contributed by atoms with Crippen LogP contribution in [0.3, 0.4) is 0 Å². The summed E-state index contributed by atoms with van der Waals surface area (Å²) in [5.74, 6) is -0.320. The highest BCUT2D eigenvalue weighted by Gasteiger charge is 2.28. The van der Waals surface area contributed by atoms with Gasteiger partial charge in [-0.15, -0.1) is 0 Å². The van der Waals surface area contributed by atoms with E-state index in [0.29, 0.717) is 5.82 Å². The first-order valence-electron chi connectivity index (χ1n) is 6.57. The maximum Gasteiger partial charge on any atom is 0.323 e. The standard InChI is InChI=1S/C15H20N2O3/c1-9-5-11-12(6-10(9)2)17(7-13(19)20)14(16-11)15(3,4)8-18/h5-6,18H,7-8H2,1-4H3,(H,19,20). The van der Waals surface area contributed by atoms with E-state index in [9.17, 15) is 9.90 Å². The number of aryl methyl sites for hydroxylation is 2. The average Bonchev–Trinajstić information content (AvgIpc) is 2.68. The van der Waals surface area contributed by atoms with E-state index >= 15 is 0 Å². The Morgan fingerprint density at radius 2 is 1.90 bits per heavy atom. The number of rotatable bonds is 4. The van der Waals surface area contributed by atoms with E-state index in [0.717, 1.165) is 22.2 Å². The fraction of sp³-hybridized carbons (Fsp3) is 0.467. The molecule has 0 spiro atoms. The first-order valence-corrected chi connectivity index (χ1v) is 6.57. The second-order valence-corrected chi connectivity index (χ2v) is 5.88. The van der Waals surface area contributed by atoms with Crippen LogP contribution in [0.1, 0.15) is 30.8 Å². The second-order valence-electron chi connectivity index (χ2n) is 5.88. The predicted octanol–water partition coefficient (Wildman–Crippen LogP) is 2.01. The zero-order valence-corrected chi connectivity index (χ0v) is 12.3. The smallest absolute Gasteiger partial charge is 0.323 e. The Balaban J connectivity index is 2.76. The number of aromatic nitrogens is 2. The van der Waals surface area contributed by atoms with Crippen LogP contribution < -0.4 is 0 Å².